The van der Waals surface area contributed by atoms with Crippen molar-refractivity contribution in [2.45, 2.75) is 12.8 Å². The van der Waals surface area contributed by atoms with Gasteiger partial charge in [0.1, 0.15) is 0 Å². The summed E-state index contributed by atoms with van der Waals surface area (Å²) in [5.41, 5.74) is 0.611. The summed E-state index contributed by atoms with van der Waals surface area (Å²) in [6.07, 6.45) is 1.83. The van der Waals surface area contributed by atoms with Gasteiger partial charge in [-0.3, -0.25) is 4.72 Å². The van der Waals surface area contributed by atoms with Crippen molar-refractivity contribution in [2.75, 3.05) is 31.4 Å². The zero-order chi connectivity index (χ0) is 13.7. The average molecular weight is 283 g/mol. The van der Waals surface area contributed by atoms with Gasteiger partial charge in [-0.05, 0) is 44.5 Å². The molecule has 1 aliphatic rings. The van der Waals surface area contributed by atoms with Crippen molar-refractivity contribution in [2.24, 2.45) is 5.92 Å². The zero-order valence-corrected chi connectivity index (χ0v) is 12.0. The third kappa shape index (κ3) is 3.92. The van der Waals surface area contributed by atoms with Crippen LogP contribution in [-0.4, -0.2) is 39.4 Å². The van der Waals surface area contributed by atoms with E-state index >= 15 is 0 Å². The Morgan fingerprint density at radius 1 is 1.21 bits per heavy atom. The van der Waals surface area contributed by atoms with E-state index in [2.05, 4.69) is 10.0 Å². The molecule has 1 aromatic rings. The van der Waals surface area contributed by atoms with Crippen LogP contribution in [0.5, 0.6) is 0 Å². The van der Waals surface area contributed by atoms with Crippen LogP contribution in [-0.2, 0) is 10.2 Å². The highest BCUT2D eigenvalue weighted by atomic mass is 32.2. The predicted octanol–water partition coefficient (Wildman–Crippen LogP) is 1.27. The standard InChI is InChI=1S/C13H21N3O2S/c1-14-11-12-7-9-16(10-8-12)19(17,18)15-13-5-3-2-4-6-13/h2-6,12,14-15H,7-11H2,1H3. The predicted molar refractivity (Wildman–Crippen MR) is 77.2 cm³/mol. The van der Waals surface area contributed by atoms with E-state index in [9.17, 15) is 8.42 Å². The lowest BCUT2D eigenvalue weighted by atomic mass is 9.98. The molecule has 106 valence electrons. The fourth-order valence-corrected chi connectivity index (χ4v) is 3.62. The van der Waals surface area contributed by atoms with Crippen LogP contribution in [0.4, 0.5) is 5.69 Å². The van der Waals surface area contributed by atoms with Crippen LogP contribution in [0, 0.1) is 5.92 Å². The Morgan fingerprint density at radius 2 is 1.84 bits per heavy atom. The Kier molecular flexibility index (Phi) is 4.79. The van der Waals surface area contributed by atoms with Crippen LogP contribution in [0.3, 0.4) is 0 Å². The Bertz CT molecular complexity index is 482. The smallest absolute Gasteiger partial charge is 0.301 e. The molecule has 1 heterocycles. The molecule has 2 rings (SSSR count). The number of nitrogens with zero attached hydrogens (tertiary/aromatic N) is 1. The van der Waals surface area contributed by atoms with Crippen molar-refractivity contribution < 1.29 is 8.42 Å². The van der Waals surface area contributed by atoms with Crippen LogP contribution in [0.25, 0.3) is 0 Å². The van der Waals surface area contributed by atoms with E-state index in [4.69, 9.17) is 0 Å². The molecule has 0 aromatic heterocycles. The van der Waals surface area contributed by atoms with Crippen LogP contribution in [0.1, 0.15) is 12.8 Å². The Hall–Kier alpha value is -1.11. The number of hydrogen-bond acceptors (Lipinski definition) is 3. The highest BCUT2D eigenvalue weighted by Gasteiger charge is 2.27. The molecule has 0 atom stereocenters. The lowest BCUT2D eigenvalue weighted by Crippen LogP contribution is -2.43. The third-order valence-corrected chi connectivity index (χ3v) is 4.97. The molecule has 1 fully saturated rings. The monoisotopic (exact) mass is 283 g/mol. The maximum atomic E-state index is 12.2. The van der Waals surface area contributed by atoms with Gasteiger partial charge in [-0.25, -0.2) is 0 Å². The number of anilines is 1. The van der Waals surface area contributed by atoms with Gasteiger partial charge in [-0.2, -0.15) is 12.7 Å². The molecule has 6 heteroatoms. The topological polar surface area (TPSA) is 61.4 Å². The van der Waals surface area contributed by atoms with Crippen molar-refractivity contribution in [1.29, 1.82) is 0 Å². The summed E-state index contributed by atoms with van der Waals surface area (Å²) in [6, 6.07) is 9.01. The van der Waals surface area contributed by atoms with Gasteiger partial charge in [-0.15, -0.1) is 0 Å². The molecule has 0 unspecified atom stereocenters. The van der Waals surface area contributed by atoms with Gasteiger partial charge in [0, 0.05) is 18.8 Å². The van der Waals surface area contributed by atoms with E-state index in [1.165, 1.54) is 4.31 Å². The van der Waals surface area contributed by atoms with E-state index < -0.39 is 10.2 Å². The first-order valence-corrected chi connectivity index (χ1v) is 8.03. The molecule has 2 N–H and O–H groups in total. The van der Waals surface area contributed by atoms with E-state index in [1.807, 2.05) is 25.2 Å². The number of hydrogen-bond donors (Lipinski definition) is 2. The maximum absolute atomic E-state index is 12.2. The van der Waals surface area contributed by atoms with Crippen molar-refractivity contribution in [3.05, 3.63) is 30.3 Å². The summed E-state index contributed by atoms with van der Waals surface area (Å²) in [6.45, 7) is 2.14. The zero-order valence-electron chi connectivity index (χ0n) is 11.2. The first-order valence-electron chi connectivity index (χ1n) is 6.59. The molecular weight excluding hydrogens is 262 g/mol. The summed E-state index contributed by atoms with van der Waals surface area (Å²) >= 11 is 0. The fraction of sp³-hybridized carbons (Fsp3) is 0.538. The summed E-state index contributed by atoms with van der Waals surface area (Å²) < 4.78 is 28.6. The molecule has 0 amide bonds. The first kappa shape index (κ1) is 14.3. The quantitative estimate of drug-likeness (QED) is 0.855. The maximum Gasteiger partial charge on any atom is 0.301 e. The molecule has 0 spiro atoms. The van der Waals surface area contributed by atoms with Crippen molar-refractivity contribution in [3.63, 3.8) is 0 Å². The number of nitrogens with one attached hydrogen (secondary N) is 2. The van der Waals surface area contributed by atoms with Crippen molar-refractivity contribution >= 4 is 15.9 Å². The second kappa shape index (κ2) is 6.36. The summed E-state index contributed by atoms with van der Waals surface area (Å²) in [4.78, 5) is 0. The Labute approximate surface area is 115 Å². The van der Waals surface area contributed by atoms with E-state index in [1.54, 1.807) is 12.1 Å². The third-order valence-electron chi connectivity index (χ3n) is 3.43. The van der Waals surface area contributed by atoms with Gasteiger partial charge in [-0.1, -0.05) is 18.2 Å². The fourth-order valence-electron chi connectivity index (χ4n) is 2.36. The number of rotatable bonds is 5. The van der Waals surface area contributed by atoms with Crippen LogP contribution in [0.2, 0.25) is 0 Å². The highest BCUT2D eigenvalue weighted by Crippen LogP contribution is 2.20. The number of piperidine rings is 1. The molecular formula is C13H21N3O2S. The average Bonchev–Trinajstić information content (AvgIpc) is 2.40. The van der Waals surface area contributed by atoms with Crippen molar-refractivity contribution in [3.8, 4) is 0 Å². The Balaban J connectivity index is 1.94. The van der Waals surface area contributed by atoms with E-state index in [0.717, 1.165) is 19.4 Å². The van der Waals surface area contributed by atoms with Gasteiger partial charge in [0.25, 0.3) is 0 Å². The molecule has 1 aliphatic heterocycles. The summed E-state index contributed by atoms with van der Waals surface area (Å²) in [7, 11) is -1.48. The highest BCUT2D eigenvalue weighted by molar-refractivity contribution is 7.90. The lowest BCUT2D eigenvalue weighted by molar-refractivity contribution is 0.272. The van der Waals surface area contributed by atoms with Crippen molar-refractivity contribution in [1.82, 2.24) is 9.62 Å². The van der Waals surface area contributed by atoms with Gasteiger partial charge in [0.15, 0.2) is 0 Å². The minimum atomic E-state index is -3.41. The first-order chi connectivity index (χ1) is 9.12. The molecule has 0 saturated carbocycles. The van der Waals surface area contributed by atoms with Gasteiger partial charge in [0.2, 0.25) is 0 Å². The number of para-hydroxylation sites is 1. The van der Waals surface area contributed by atoms with Gasteiger partial charge in [0.05, 0.1) is 0 Å². The van der Waals surface area contributed by atoms with Crippen LogP contribution >= 0.6 is 0 Å². The van der Waals surface area contributed by atoms with Crippen LogP contribution in [0.15, 0.2) is 30.3 Å². The van der Waals surface area contributed by atoms with Gasteiger partial charge < -0.3 is 5.32 Å². The molecule has 0 radical (unpaired) electrons. The largest absolute Gasteiger partial charge is 0.319 e. The Morgan fingerprint density at radius 3 is 2.42 bits per heavy atom. The summed E-state index contributed by atoms with van der Waals surface area (Å²) in [5, 5.41) is 3.15. The molecule has 5 nitrogen and oxygen atoms in total. The molecule has 1 saturated heterocycles. The second-order valence-electron chi connectivity index (χ2n) is 4.87. The molecule has 0 aliphatic carbocycles. The summed E-state index contributed by atoms with van der Waals surface area (Å²) in [5.74, 6) is 0.577. The van der Waals surface area contributed by atoms with Gasteiger partial charge >= 0.3 is 10.2 Å². The minimum absolute atomic E-state index is 0.577. The SMILES string of the molecule is CNCC1CCN(S(=O)(=O)Nc2ccccc2)CC1. The number of benzene rings is 1. The minimum Gasteiger partial charge on any atom is -0.319 e. The van der Waals surface area contributed by atoms with Crippen LogP contribution < -0.4 is 10.0 Å². The molecule has 0 bridgehead atoms. The lowest BCUT2D eigenvalue weighted by Gasteiger charge is -2.31. The molecule has 1 aromatic carbocycles. The van der Waals surface area contributed by atoms with E-state index in [-0.39, 0.29) is 0 Å². The normalized spacial score (nSPS) is 18.4. The van der Waals surface area contributed by atoms with E-state index in [0.29, 0.717) is 24.7 Å². The second-order valence-corrected chi connectivity index (χ2v) is 6.54. The molecule has 19 heavy (non-hydrogen) atoms.